The first-order valence-electron chi connectivity index (χ1n) is 4.12. The van der Waals surface area contributed by atoms with Gasteiger partial charge in [-0.15, -0.1) is 0 Å². The predicted octanol–water partition coefficient (Wildman–Crippen LogP) is 6.56. The van der Waals surface area contributed by atoms with Gasteiger partial charge >= 0.3 is 106 Å². The molecule has 17 heteroatoms. The van der Waals surface area contributed by atoms with Gasteiger partial charge in [-0.2, -0.15) is 0 Å². The van der Waals surface area contributed by atoms with E-state index in [1.165, 1.54) is 0 Å². The molecule has 0 amide bonds. The van der Waals surface area contributed by atoms with E-state index in [9.17, 15) is 70.1 Å². The molecule has 0 aliphatic rings. The van der Waals surface area contributed by atoms with Crippen molar-refractivity contribution in [3.8, 4) is 0 Å². The summed E-state index contributed by atoms with van der Waals surface area (Å²) in [7, 11) is 0. The molecule has 0 atom stereocenters. The van der Waals surface area contributed by atoms with Crippen LogP contribution in [0, 0.1) is 0 Å². The molecule has 0 saturated heterocycles. The van der Waals surface area contributed by atoms with E-state index >= 15 is 0 Å². The number of hydrogen-bond acceptors (Lipinski definition) is 0. The van der Waals surface area contributed by atoms with Crippen LogP contribution >= 0.6 is 6.25 Å². The van der Waals surface area contributed by atoms with Gasteiger partial charge in [-0.25, -0.2) is 0 Å². The Morgan fingerprint density at radius 2 is 0.409 bits per heavy atom. The van der Waals surface area contributed by atoms with Gasteiger partial charge in [-0.1, -0.05) is 0 Å². The molecule has 0 N–H and O–H groups in total. The van der Waals surface area contributed by atoms with Gasteiger partial charge in [0.1, 0.15) is 0 Å². The van der Waals surface area contributed by atoms with E-state index in [1.54, 1.807) is 0 Å². The van der Waals surface area contributed by atoms with Gasteiger partial charge in [-0.3, -0.25) is 0 Å². The van der Waals surface area contributed by atoms with Crippen molar-refractivity contribution < 1.29 is 70.1 Å². The maximum absolute atomic E-state index is 14.7. The van der Waals surface area contributed by atoms with Crippen molar-refractivity contribution in [2.24, 2.45) is 0 Å². The fourth-order valence-electron chi connectivity index (χ4n) is 1.44. The molecule has 0 aliphatic heterocycles. The third kappa shape index (κ3) is 1.17. The molecule has 0 bridgehead atoms. The number of hydrogen-bond donors (Lipinski definition) is 0. The first kappa shape index (κ1) is 21.3. The molecular weight excluding hydrogens is 395 g/mol. The van der Waals surface area contributed by atoms with E-state index in [0.29, 0.717) is 0 Å². The number of halogens is 16. The van der Waals surface area contributed by atoms with E-state index in [-0.39, 0.29) is 0 Å². The molecular formula is C5F16P-. The first-order valence-corrected chi connectivity index (χ1v) is 6.70. The van der Waals surface area contributed by atoms with E-state index in [0.717, 1.165) is 0 Å². The Hall–Kier alpha value is -0.690. The Morgan fingerprint density at radius 1 is 0.318 bits per heavy atom. The van der Waals surface area contributed by atoms with Crippen LogP contribution in [0.3, 0.4) is 0 Å². The molecule has 0 aromatic rings. The normalized spacial score (nSPS) is 19.6. The predicted molar refractivity (Wildman–Crippen MR) is 38.3 cm³/mol. The summed E-state index contributed by atoms with van der Waals surface area (Å²) in [5.41, 5.74) is 0. The zero-order valence-electron chi connectivity index (χ0n) is 8.99. The van der Waals surface area contributed by atoms with Crippen molar-refractivity contribution in [1.29, 1.82) is 0 Å². The van der Waals surface area contributed by atoms with Crippen molar-refractivity contribution in [2.75, 3.05) is 0 Å². The monoisotopic (exact) mass is 395 g/mol. The molecule has 0 radical (unpaired) electrons. The molecule has 138 valence electrons. The Kier molecular flexibility index (Phi) is 3.74. The van der Waals surface area contributed by atoms with Gasteiger partial charge in [0.25, 0.3) is 0 Å². The topological polar surface area (TPSA) is 0 Å². The second-order valence-corrected chi connectivity index (χ2v) is 9.50. The van der Waals surface area contributed by atoms with Gasteiger partial charge in [0.15, 0.2) is 0 Å². The Bertz CT molecular complexity index is 355. The Labute approximate surface area is 107 Å². The third-order valence-electron chi connectivity index (χ3n) is 3.01. The molecule has 0 fully saturated rings. The van der Waals surface area contributed by atoms with Crippen LogP contribution in [0.25, 0.3) is 0 Å². The molecule has 0 aliphatic carbocycles. The minimum atomic E-state index is -14.7. The van der Waals surface area contributed by atoms with Crippen molar-refractivity contribution in [3.05, 3.63) is 0 Å². The van der Waals surface area contributed by atoms with Crippen LogP contribution < -0.4 is 0 Å². The molecule has 0 unspecified atom stereocenters. The van der Waals surface area contributed by atoms with Gasteiger partial charge in [0.05, 0.1) is 0 Å². The quantitative estimate of drug-likeness (QED) is 0.322. The van der Waals surface area contributed by atoms with Crippen LogP contribution in [0.5, 0.6) is 0 Å². The SMILES string of the molecule is FC(F)(F)[P-](F)(C(F)(F)F)(C(F)(F)F)(C(F)(F)F)C(F)(F)F. The van der Waals surface area contributed by atoms with E-state index in [4.69, 9.17) is 0 Å². The van der Waals surface area contributed by atoms with Crippen LogP contribution in [-0.4, -0.2) is 29.6 Å². The minimum absolute atomic E-state index is 9.45. The second kappa shape index (κ2) is 3.86. The van der Waals surface area contributed by atoms with E-state index < -0.39 is 35.8 Å². The van der Waals surface area contributed by atoms with Crippen LogP contribution in [0.1, 0.15) is 0 Å². The van der Waals surface area contributed by atoms with Crippen LogP contribution in [0.2, 0.25) is 0 Å². The van der Waals surface area contributed by atoms with E-state index in [1.807, 2.05) is 0 Å². The molecule has 22 heavy (non-hydrogen) atoms. The summed E-state index contributed by atoms with van der Waals surface area (Å²) in [4.78, 5) is 0. The number of alkyl halides is 15. The standard InChI is InChI=1S/C5F16P/c6-1(7,8)22(21,2(9,10)11,3(12,13)14,4(15,16)17)5(18,19)20/q-1. The van der Waals surface area contributed by atoms with Crippen LogP contribution in [0.4, 0.5) is 70.1 Å². The van der Waals surface area contributed by atoms with Crippen LogP contribution in [0.15, 0.2) is 0 Å². The molecule has 0 heterocycles. The van der Waals surface area contributed by atoms with Crippen molar-refractivity contribution >= 4 is 6.25 Å². The summed E-state index contributed by atoms with van der Waals surface area (Å²) in [6.45, 7) is 0. The van der Waals surface area contributed by atoms with Crippen molar-refractivity contribution in [2.45, 2.75) is 29.6 Å². The maximum atomic E-state index is 13.6. The summed E-state index contributed by atoms with van der Waals surface area (Å²) >= 11 is 0. The van der Waals surface area contributed by atoms with Gasteiger partial charge in [-0.05, 0) is 0 Å². The number of rotatable bonds is 0. The summed E-state index contributed by atoms with van der Waals surface area (Å²) in [5.74, 6) is -47.2. The average Bonchev–Trinajstić information content (AvgIpc) is 2.05. The summed E-state index contributed by atoms with van der Waals surface area (Å²) in [6.07, 6.45) is -14.7. The van der Waals surface area contributed by atoms with Gasteiger partial charge in [0, 0.05) is 0 Å². The zero-order chi connectivity index (χ0) is 18.9. The molecule has 0 rings (SSSR count). The fraction of sp³-hybridized carbons (Fsp3) is 1.00. The Balaban J connectivity index is 8.27. The van der Waals surface area contributed by atoms with Crippen molar-refractivity contribution in [3.63, 3.8) is 0 Å². The summed E-state index contributed by atoms with van der Waals surface area (Å²) < 4.78 is 197. The summed E-state index contributed by atoms with van der Waals surface area (Å²) in [5, 5.41) is 0. The average molecular weight is 395 g/mol. The Morgan fingerprint density at radius 3 is 0.409 bits per heavy atom. The molecule has 0 nitrogen and oxygen atoms in total. The third-order valence-corrected chi connectivity index (χ3v) is 9.04. The zero-order valence-corrected chi connectivity index (χ0v) is 9.89. The molecule has 0 aromatic carbocycles. The molecule has 0 saturated carbocycles. The first-order chi connectivity index (χ1) is 8.93. The van der Waals surface area contributed by atoms with E-state index in [2.05, 4.69) is 0 Å². The molecule has 0 aromatic heterocycles. The van der Waals surface area contributed by atoms with Crippen LogP contribution in [-0.2, 0) is 0 Å². The summed E-state index contributed by atoms with van der Waals surface area (Å²) in [6, 6.07) is 0. The second-order valence-electron chi connectivity index (χ2n) is 3.88. The van der Waals surface area contributed by atoms with Crippen molar-refractivity contribution in [1.82, 2.24) is 0 Å². The molecule has 0 spiro atoms. The fourth-order valence-corrected chi connectivity index (χ4v) is 4.31. The van der Waals surface area contributed by atoms with Gasteiger partial charge in [0.2, 0.25) is 0 Å². The van der Waals surface area contributed by atoms with Gasteiger partial charge < -0.3 is 0 Å².